The van der Waals surface area contributed by atoms with E-state index in [4.69, 9.17) is 15.3 Å². The van der Waals surface area contributed by atoms with Gasteiger partial charge in [0.1, 0.15) is 18.7 Å². The smallest absolute Gasteiger partial charge is 0.336 e. The number of hydrogen-bond acceptors (Lipinski definition) is 10. The van der Waals surface area contributed by atoms with E-state index >= 15 is 0 Å². The van der Waals surface area contributed by atoms with E-state index in [0.717, 1.165) is 0 Å². The van der Waals surface area contributed by atoms with Gasteiger partial charge in [0.25, 0.3) is 11.8 Å². The zero-order chi connectivity index (χ0) is 35.4. The van der Waals surface area contributed by atoms with E-state index in [-0.39, 0.29) is 44.2 Å². The normalized spacial score (nSPS) is 18.8. The lowest BCUT2D eigenvalue weighted by Crippen LogP contribution is -2.55. The maximum Gasteiger partial charge on any atom is 0.336 e. The van der Waals surface area contributed by atoms with Crippen LogP contribution in [0.25, 0.3) is 0 Å². The molecular formula is C32H44N6O10. The number of nitrogens with two attached hydrogens (primary N) is 1. The highest BCUT2D eigenvalue weighted by molar-refractivity contribution is 6.01. The molecule has 1 aliphatic heterocycles. The molecule has 6 N–H and O–H groups in total. The number of hydroxylamine groups is 2. The van der Waals surface area contributed by atoms with Crippen LogP contribution < -0.4 is 27.0 Å². The maximum absolute atomic E-state index is 13.5. The first-order valence-electron chi connectivity index (χ1n) is 16.0. The molecule has 1 aliphatic carbocycles. The SMILES string of the molecule is CC(=O)OCc1ccc(NC(=O)[C@H](CCCNC(N)=O)NC(=O)[C@@H](NC(=O)C2CCC(C(=O)ON3C(=O)CCC3=O)CC2)C(C)C)cc1. The number of anilines is 1. The van der Waals surface area contributed by atoms with Gasteiger partial charge in [0, 0.05) is 37.9 Å². The third-order valence-electron chi connectivity index (χ3n) is 8.13. The molecule has 1 saturated carbocycles. The van der Waals surface area contributed by atoms with Gasteiger partial charge in [-0.2, -0.15) is 0 Å². The van der Waals surface area contributed by atoms with Crippen LogP contribution in [0.15, 0.2) is 24.3 Å². The fraction of sp³-hybridized carbons (Fsp3) is 0.562. The first-order valence-corrected chi connectivity index (χ1v) is 16.0. The van der Waals surface area contributed by atoms with Gasteiger partial charge in [0.15, 0.2) is 0 Å². The molecule has 1 aromatic carbocycles. The Labute approximate surface area is 278 Å². The molecule has 48 heavy (non-hydrogen) atoms. The summed E-state index contributed by atoms with van der Waals surface area (Å²) in [5.41, 5.74) is 6.28. The molecule has 3 rings (SSSR count). The molecule has 1 heterocycles. The summed E-state index contributed by atoms with van der Waals surface area (Å²) >= 11 is 0. The summed E-state index contributed by atoms with van der Waals surface area (Å²) < 4.78 is 4.97. The molecule has 2 fully saturated rings. The number of nitrogens with zero attached hydrogens (tertiary/aromatic N) is 1. The number of hydrogen-bond donors (Lipinski definition) is 5. The highest BCUT2D eigenvalue weighted by Gasteiger charge is 2.38. The Kier molecular flexibility index (Phi) is 13.9. The van der Waals surface area contributed by atoms with Crippen molar-refractivity contribution in [2.24, 2.45) is 23.5 Å². The van der Waals surface area contributed by atoms with Crippen LogP contribution in [-0.2, 0) is 49.7 Å². The second-order valence-corrected chi connectivity index (χ2v) is 12.2. The van der Waals surface area contributed by atoms with Crippen LogP contribution in [-0.4, -0.2) is 71.2 Å². The molecule has 0 spiro atoms. The molecule has 2 atom stereocenters. The average Bonchev–Trinajstić information content (AvgIpc) is 3.36. The number of imide groups is 1. The minimum absolute atomic E-state index is 0.00441. The largest absolute Gasteiger partial charge is 0.461 e. The van der Waals surface area contributed by atoms with Crippen LogP contribution in [0.5, 0.6) is 0 Å². The molecule has 0 radical (unpaired) electrons. The van der Waals surface area contributed by atoms with Crippen LogP contribution in [0.1, 0.15) is 77.7 Å². The van der Waals surface area contributed by atoms with Crippen LogP contribution in [0.4, 0.5) is 10.5 Å². The Balaban J connectivity index is 1.58. The van der Waals surface area contributed by atoms with Crippen LogP contribution >= 0.6 is 0 Å². The highest BCUT2D eigenvalue weighted by atomic mass is 16.7. The van der Waals surface area contributed by atoms with Crippen molar-refractivity contribution in [1.29, 1.82) is 0 Å². The van der Waals surface area contributed by atoms with Gasteiger partial charge in [0.2, 0.25) is 17.7 Å². The number of benzene rings is 1. The topological polar surface area (TPSA) is 232 Å². The zero-order valence-corrected chi connectivity index (χ0v) is 27.4. The van der Waals surface area contributed by atoms with Crippen molar-refractivity contribution in [3.05, 3.63) is 29.8 Å². The number of rotatable bonds is 15. The number of urea groups is 1. The second kappa shape index (κ2) is 17.8. The summed E-state index contributed by atoms with van der Waals surface area (Å²) in [6.07, 6.45) is 1.72. The number of nitrogens with one attached hydrogen (secondary N) is 4. The third-order valence-corrected chi connectivity index (χ3v) is 8.13. The Morgan fingerprint density at radius 3 is 2.06 bits per heavy atom. The van der Waals surface area contributed by atoms with Gasteiger partial charge < -0.3 is 36.6 Å². The lowest BCUT2D eigenvalue weighted by atomic mass is 9.81. The zero-order valence-electron chi connectivity index (χ0n) is 27.4. The average molecular weight is 673 g/mol. The van der Waals surface area contributed by atoms with E-state index in [1.54, 1.807) is 38.1 Å². The quantitative estimate of drug-likeness (QED) is 0.101. The van der Waals surface area contributed by atoms with Crippen molar-refractivity contribution in [3.63, 3.8) is 0 Å². The molecule has 16 heteroatoms. The van der Waals surface area contributed by atoms with Gasteiger partial charge in [-0.25, -0.2) is 9.59 Å². The summed E-state index contributed by atoms with van der Waals surface area (Å²) in [6, 6.07) is 3.88. The van der Waals surface area contributed by atoms with Gasteiger partial charge in [0.05, 0.1) is 5.92 Å². The lowest BCUT2D eigenvalue weighted by Gasteiger charge is -2.30. The fourth-order valence-electron chi connectivity index (χ4n) is 5.37. The molecule has 7 amide bonds. The molecule has 1 aromatic rings. The lowest BCUT2D eigenvalue weighted by molar-refractivity contribution is -0.201. The predicted molar refractivity (Wildman–Crippen MR) is 169 cm³/mol. The van der Waals surface area contributed by atoms with Crippen LogP contribution in [0.3, 0.4) is 0 Å². The van der Waals surface area contributed by atoms with E-state index in [1.165, 1.54) is 6.92 Å². The second-order valence-electron chi connectivity index (χ2n) is 12.2. The van der Waals surface area contributed by atoms with Crippen molar-refractivity contribution < 1.29 is 47.9 Å². The number of ether oxygens (including phenoxy) is 1. The summed E-state index contributed by atoms with van der Waals surface area (Å²) in [5.74, 6) is -5.11. The standard InChI is InChI=1S/C32H44N6O10/c1-18(2)27(37-28(42)21-8-10-22(11-9-21)31(45)48-38-25(40)14-15-26(38)41)30(44)36-24(5-4-16-34-32(33)46)29(43)35-23-12-6-20(7-13-23)17-47-19(3)39/h6-7,12-13,18,21-22,24,27H,4-5,8-11,14-17H2,1-3H3,(H,35,43)(H,36,44)(H,37,42)(H3,33,34,46)/t21?,22?,24-,27-/m0/s1. The summed E-state index contributed by atoms with van der Waals surface area (Å²) in [6.45, 7) is 5.05. The summed E-state index contributed by atoms with van der Waals surface area (Å²) in [7, 11) is 0. The van der Waals surface area contributed by atoms with Gasteiger partial charge in [-0.15, -0.1) is 5.06 Å². The summed E-state index contributed by atoms with van der Waals surface area (Å²) in [4.78, 5) is 103. The number of carbonyl (C=O) groups is 8. The number of esters is 1. The number of amides is 7. The predicted octanol–water partition coefficient (Wildman–Crippen LogP) is 1.18. The highest BCUT2D eigenvalue weighted by Crippen LogP contribution is 2.31. The van der Waals surface area contributed by atoms with E-state index in [2.05, 4.69) is 21.3 Å². The Bertz CT molecular complexity index is 1360. The van der Waals surface area contributed by atoms with Gasteiger partial charge in [-0.1, -0.05) is 26.0 Å². The van der Waals surface area contributed by atoms with E-state index in [1.807, 2.05) is 0 Å². The minimum atomic E-state index is -1.03. The molecular weight excluding hydrogens is 628 g/mol. The molecule has 16 nitrogen and oxygen atoms in total. The Morgan fingerprint density at radius 2 is 1.50 bits per heavy atom. The van der Waals surface area contributed by atoms with Crippen molar-refractivity contribution >= 4 is 53.2 Å². The van der Waals surface area contributed by atoms with E-state index < -0.39 is 65.5 Å². The number of primary amides is 1. The first kappa shape index (κ1) is 37.4. The van der Waals surface area contributed by atoms with Crippen LogP contribution in [0, 0.1) is 17.8 Å². The van der Waals surface area contributed by atoms with Gasteiger partial charge >= 0.3 is 18.0 Å². The van der Waals surface area contributed by atoms with Gasteiger partial charge in [-0.05, 0) is 62.1 Å². The third kappa shape index (κ3) is 11.3. The summed E-state index contributed by atoms with van der Waals surface area (Å²) in [5, 5.41) is 11.2. The van der Waals surface area contributed by atoms with Crippen LogP contribution in [0.2, 0.25) is 0 Å². The molecule has 0 unspecified atom stereocenters. The molecule has 0 bridgehead atoms. The molecule has 262 valence electrons. The van der Waals surface area contributed by atoms with Crippen molar-refractivity contribution in [2.45, 2.75) is 90.8 Å². The Morgan fingerprint density at radius 1 is 0.896 bits per heavy atom. The Hall–Kier alpha value is -5.02. The molecule has 0 aromatic heterocycles. The van der Waals surface area contributed by atoms with Crippen molar-refractivity contribution in [3.8, 4) is 0 Å². The first-order chi connectivity index (χ1) is 22.7. The fourth-order valence-corrected chi connectivity index (χ4v) is 5.37. The number of carbonyl (C=O) groups excluding carboxylic acids is 8. The molecule has 1 saturated heterocycles. The van der Waals surface area contributed by atoms with E-state index in [9.17, 15) is 38.4 Å². The van der Waals surface area contributed by atoms with Gasteiger partial charge in [-0.3, -0.25) is 28.8 Å². The van der Waals surface area contributed by atoms with Crippen molar-refractivity contribution in [1.82, 2.24) is 21.0 Å². The monoisotopic (exact) mass is 672 g/mol. The molecule has 2 aliphatic rings. The minimum Gasteiger partial charge on any atom is -0.461 e. The van der Waals surface area contributed by atoms with E-state index in [0.29, 0.717) is 48.4 Å². The maximum atomic E-state index is 13.5. The van der Waals surface area contributed by atoms with Crippen molar-refractivity contribution in [2.75, 3.05) is 11.9 Å².